The molecule has 1 aliphatic heterocycles. The Morgan fingerprint density at radius 3 is 2.75 bits per heavy atom. The summed E-state index contributed by atoms with van der Waals surface area (Å²) in [6, 6.07) is -0.303. The minimum atomic E-state index is -0.303. The molecular formula is C15H19N7OS. The van der Waals surface area contributed by atoms with Gasteiger partial charge in [0.25, 0.3) is 0 Å². The van der Waals surface area contributed by atoms with E-state index in [-0.39, 0.29) is 17.9 Å². The Kier molecular flexibility index (Phi) is 3.60. The number of nitrogens with one attached hydrogen (secondary N) is 3. The van der Waals surface area contributed by atoms with Gasteiger partial charge in [0.2, 0.25) is 11.0 Å². The summed E-state index contributed by atoms with van der Waals surface area (Å²) in [5, 5.41) is 19.4. The van der Waals surface area contributed by atoms with Crippen LogP contribution in [0.5, 0.6) is 0 Å². The molecule has 4 rings (SSSR count). The van der Waals surface area contributed by atoms with Crippen molar-refractivity contribution < 1.29 is 4.79 Å². The molecule has 1 saturated carbocycles. The molecule has 8 nitrogen and oxygen atoms in total. The van der Waals surface area contributed by atoms with Gasteiger partial charge in [-0.2, -0.15) is 0 Å². The van der Waals surface area contributed by atoms with Gasteiger partial charge in [-0.1, -0.05) is 25.2 Å². The zero-order chi connectivity index (χ0) is 16.8. The van der Waals surface area contributed by atoms with Crippen LogP contribution >= 0.6 is 11.3 Å². The molecule has 2 aliphatic rings. The lowest BCUT2D eigenvalue weighted by molar-refractivity contribution is -0.117. The molecule has 0 radical (unpaired) electrons. The molecule has 0 saturated heterocycles. The second-order valence-electron chi connectivity index (χ2n) is 6.54. The van der Waals surface area contributed by atoms with Crippen molar-refractivity contribution in [1.82, 2.24) is 20.2 Å². The summed E-state index contributed by atoms with van der Waals surface area (Å²) in [6.07, 6.45) is 2.38. The van der Waals surface area contributed by atoms with Gasteiger partial charge >= 0.3 is 0 Å². The highest BCUT2D eigenvalue weighted by atomic mass is 32.1. The molecule has 0 spiro atoms. The van der Waals surface area contributed by atoms with Crippen molar-refractivity contribution in [3.05, 3.63) is 10.8 Å². The average Bonchev–Trinajstić information content (AvgIpc) is 3.27. The van der Waals surface area contributed by atoms with Crippen molar-refractivity contribution in [3.63, 3.8) is 0 Å². The van der Waals surface area contributed by atoms with E-state index in [4.69, 9.17) is 0 Å². The Bertz CT molecular complexity index is 799. The van der Waals surface area contributed by atoms with E-state index in [2.05, 4.69) is 36.1 Å². The largest absolute Gasteiger partial charge is 0.356 e. The number of anilines is 4. The van der Waals surface area contributed by atoms with Crippen molar-refractivity contribution in [2.24, 2.45) is 5.92 Å². The maximum absolute atomic E-state index is 12.3. The Balaban J connectivity index is 1.64. The van der Waals surface area contributed by atoms with E-state index in [9.17, 15) is 4.79 Å². The number of amides is 1. The molecule has 3 N–H and O–H groups in total. The molecule has 0 bridgehead atoms. The van der Waals surface area contributed by atoms with Gasteiger partial charge in [0.05, 0.1) is 0 Å². The second-order valence-corrected chi connectivity index (χ2v) is 7.55. The van der Waals surface area contributed by atoms with Gasteiger partial charge in [-0.15, -0.1) is 10.2 Å². The summed E-state index contributed by atoms with van der Waals surface area (Å²) in [5.74, 6) is 2.44. The zero-order valence-electron chi connectivity index (χ0n) is 13.8. The summed E-state index contributed by atoms with van der Waals surface area (Å²) in [6.45, 7) is 5.82. The van der Waals surface area contributed by atoms with E-state index in [0.717, 1.165) is 5.01 Å². The number of carbonyl (C=O) groups is 1. The van der Waals surface area contributed by atoms with E-state index >= 15 is 0 Å². The van der Waals surface area contributed by atoms with Gasteiger partial charge in [-0.05, 0) is 25.7 Å². The quantitative estimate of drug-likeness (QED) is 0.782. The maximum Gasteiger partial charge on any atom is 0.247 e. The van der Waals surface area contributed by atoms with Crippen LogP contribution in [0, 0.1) is 12.8 Å². The average molecular weight is 345 g/mol. The lowest BCUT2D eigenvalue weighted by Crippen LogP contribution is -2.43. The number of rotatable bonds is 4. The molecule has 2 aromatic heterocycles. The van der Waals surface area contributed by atoms with Crippen molar-refractivity contribution in [2.45, 2.75) is 45.6 Å². The SMILES string of the molecule is Cc1nc(Nc2nnc(C3CC3)s2)c2c(n1)NC(C(C)C)C(=O)N2. The Hall–Kier alpha value is -2.29. The van der Waals surface area contributed by atoms with Gasteiger partial charge in [0.15, 0.2) is 11.6 Å². The molecule has 24 heavy (non-hydrogen) atoms. The highest BCUT2D eigenvalue weighted by Gasteiger charge is 2.32. The normalized spacial score (nSPS) is 19.7. The number of nitrogens with zero attached hydrogens (tertiary/aromatic N) is 4. The van der Waals surface area contributed by atoms with Crippen LogP contribution in [-0.4, -0.2) is 32.1 Å². The zero-order valence-corrected chi connectivity index (χ0v) is 14.6. The van der Waals surface area contributed by atoms with Crippen LogP contribution in [0.25, 0.3) is 0 Å². The van der Waals surface area contributed by atoms with Crippen LogP contribution in [-0.2, 0) is 4.79 Å². The maximum atomic E-state index is 12.3. The molecule has 1 unspecified atom stereocenters. The first-order valence-corrected chi connectivity index (χ1v) is 8.89. The lowest BCUT2D eigenvalue weighted by atomic mass is 10.0. The predicted molar refractivity (Wildman–Crippen MR) is 92.8 cm³/mol. The minimum absolute atomic E-state index is 0.0797. The van der Waals surface area contributed by atoms with E-state index in [1.54, 1.807) is 0 Å². The minimum Gasteiger partial charge on any atom is -0.356 e. The first-order valence-electron chi connectivity index (χ1n) is 8.07. The first kappa shape index (κ1) is 15.3. The number of hydrogen-bond acceptors (Lipinski definition) is 8. The van der Waals surface area contributed by atoms with Gasteiger partial charge in [-0.25, -0.2) is 9.97 Å². The van der Waals surface area contributed by atoms with Crippen LogP contribution in [0.15, 0.2) is 0 Å². The highest BCUT2D eigenvalue weighted by molar-refractivity contribution is 7.15. The lowest BCUT2D eigenvalue weighted by Gasteiger charge is -2.29. The van der Waals surface area contributed by atoms with E-state index in [1.807, 2.05) is 20.8 Å². The monoisotopic (exact) mass is 345 g/mol. The number of hydrogen-bond donors (Lipinski definition) is 3. The van der Waals surface area contributed by atoms with Gasteiger partial charge in [0.1, 0.15) is 22.6 Å². The molecule has 1 fully saturated rings. The van der Waals surface area contributed by atoms with Crippen LogP contribution < -0.4 is 16.0 Å². The fourth-order valence-corrected chi connectivity index (χ4v) is 3.56. The summed E-state index contributed by atoms with van der Waals surface area (Å²) < 4.78 is 0. The van der Waals surface area contributed by atoms with Crippen LogP contribution in [0.4, 0.5) is 22.5 Å². The van der Waals surface area contributed by atoms with E-state index < -0.39 is 0 Å². The molecule has 1 aliphatic carbocycles. The Labute approximate surface area is 143 Å². The van der Waals surface area contributed by atoms with Crippen molar-refractivity contribution in [1.29, 1.82) is 0 Å². The Morgan fingerprint density at radius 2 is 2.04 bits per heavy atom. The third-order valence-corrected chi connectivity index (χ3v) is 5.10. The Morgan fingerprint density at radius 1 is 1.25 bits per heavy atom. The summed E-state index contributed by atoms with van der Waals surface area (Å²) in [4.78, 5) is 21.1. The summed E-state index contributed by atoms with van der Waals surface area (Å²) in [7, 11) is 0. The van der Waals surface area contributed by atoms with Crippen molar-refractivity contribution in [3.8, 4) is 0 Å². The van der Waals surface area contributed by atoms with Gasteiger partial charge in [0, 0.05) is 5.92 Å². The number of carbonyl (C=O) groups excluding carboxylic acids is 1. The fourth-order valence-electron chi connectivity index (χ4n) is 2.65. The summed E-state index contributed by atoms with van der Waals surface area (Å²) in [5.41, 5.74) is 0.561. The predicted octanol–water partition coefficient (Wildman–Crippen LogP) is 2.65. The molecular weight excluding hydrogens is 326 g/mol. The first-order chi connectivity index (χ1) is 11.5. The third kappa shape index (κ3) is 2.79. The summed E-state index contributed by atoms with van der Waals surface area (Å²) >= 11 is 1.53. The second kappa shape index (κ2) is 5.66. The molecule has 3 heterocycles. The number of aromatic nitrogens is 4. The fraction of sp³-hybridized carbons (Fsp3) is 0.533. The topological polar surface area (TPSA) is 105 Å². The molecule has 1 amide bonds. The molecule has 9 heteroatoms. The van der Waals surface area contributed by atoms with Gasteiger partial charge in [-0.3, -0.25) is 4.79 Å². The standard InChI is InChI=1S/C15H19N7OS/c1-6(2)9-13(23)19-10-11(18-9)16-7(3)17-12(10)20-15-22-21-14(24-15)8-4-5-8/h6,8-9H,4-5H2,1-3H3,(H,19,23)(H2,16,17,18,20,22). The smallest absolute Gasteiger partial charge is 0.247 e. The van der Waals surface area contributed by atoms with E-state index in [1.165, 1.54) is 24.2 Å². The van der Waals surface area contributed by atoms with Gasteiger partial charge < -0.3 is 16.0 Å². The van der Waals surface area contributed by atoms with E-state index in [0.29, 0.717) is 34.2 Å². The van der Waals surface area contributed by atoms with Crippen molar-refractivity contribution >= 4 is 39.7 Å². The van der Waals surface area contributed by atoms with Crippen LogP contribution in [0.3, 0.4) is 0 Å². The van der Waals surface area contributed by atoms with Crippen LogP contribution in [0.2, 0.25) is 0 Å². The number of fused-ring (bicyclic) bond motifs is 1. The van der Waals surface area contributed by atoms with Crippen molar-refractivity contribution in [2.75, 3.05) is 16.0 Å². The molecule has 126 valence electrons. The molecule has 1 atom stereocenters. The highest BCUT2D eigenvalue weighted by Crippen LogP contribution is 2.43. The third-order valence-electron chi connectivity index (χ3n) is 4.10. The molecule has 2 aromatic rings. The molecule has 0 aromatic carbocycles. The number of aryl methyl sites for hydroxylation is 1. The van der Waals surface area contributed by atoms with Crippen LogP contribution in [0.1, 0.15) is 43.4 Å².